The summed E-state index contributed by atoms with van der Waals surface area (Å²) in [6, 6.07) is 11.5. The highest BCUT2D eigenvalue weighted by molar-refractivity contribution is 7.15. The van der Waals surface area contributed by atoms with Crippen LogP contribution in [0.5, 0.6) is 0 Å². The minimum atomic E-state index is 0.504. The first-order valence-electron chi connectivity index (χ1n) is 6.09. The second-order valence-electron chi connectivity index (χ2n) is 4.37. The highest BCUT2D eigenvalue weighted by Crippen LogP contribution is 2.35. The molecule has 0 aliphatic carbocycles. The van der Waals surface area contributed by atoms with Crippen molar-refractivity contribution in [3.63, 3.8) is 0 Å². The lowest BCUT2D eigenvalue weighted by Crippen LogP contribution is -1.92. The molecule has 0 amide bonds. The first-order chi connectivity index (χ1) is 9.65. The number of nitrogens with zero attached hydrogens (tertiary/aromatic N) is 2. The second kappa shape index (κ2) is 5.23. The number of halogens is 1. The Morgan fingerprint density at radius 2 is 1.90 bits per heavy atom. The van der Waals surface area contributed by atoms with Crippen molar-refractivity contribution in [1.82, 2.24) is 9.97 Å². The smallest absolute Gasteiger partial charge is 0.133 e. The number of benzene rings is 1. The number of nitrogens with two attached hydrogens (primary N) is 1. The molecule has 2 N–H and O–H groups in total. The van der Waals surface area contributed by atoms with Crippen molar-refractivity contribution in [2.45, 2.75) is 6.92 Å². The lowest BCUT2D eigenvalue weighted by Gasteiger charge is -2.00. The Kier molecular flexibility index (Phi) is 3.42. The van der Waals surface area contributed by atoms with Gasteiger partial charge in [0, 0.05) is 21.7 Å². The summed E-state index contributed by atoms with van der Waals surface area (Å²) in [7, 11) is 0. The molecule has 2 aromatic heterocycles. The Labute approximate surface area is 126 Å². The molecule has 3 nitrogen and oxygen atoms in total. The molecule has 0 radical (unpaired) electrons. The molecule has 20 heavy (non-hydrogen) atoms. The minimum absolute atomic E-state index is 0.504. The van der Waals surface area contributed by atoms with E-state index >= 15 is 0 Å². The number of hydrogen-bond acceptors (Lipinski definition) is 4. The van der Waals surface area contributed by atoms with Gasteiger partial charge in [0.05, 0.1) is 11.3 Å². The van der Waals surface area contributed by atoms with E-state index in [1.54, 1.807) is 17.5 Å². The number of aromatic nitrogens is 2. The van der Waals surface area contributed by atoms with Crippen LogP contribution in [0.4, 0.5) is 5.82 Å². The van der Waals surface area contributed by atoms with Crippen LogP contribution in [0.25, 0.3) is 21.8 Å². The Bertz CT molecular complexity index is 750. The molecule has 100 valence electrons. The van der Waals surface area contributed by atoms with E-state index in [9.17, 15) is 0 Å². The highest BCUT2D eigenvalue weighted by atomic mass is 35.5. The van der Waals surface area contributed by atoms with Crippen LogP contribution >= 0.6 is 22.9 Å². The van der Waals surface area contributed by atoms with Gasteiger partial charge < -0.3 is 5.73 Å². The maximum atomic E-state index is 5.92. The monoisotopic (exact) mass is 301 g/mol. The molecule has 2 heterocycles. The van der Waals surface area contributed by atoms with Gasteiger partial charge in [-0.25, -0.2) is 9.97 Å². The molecular weight excluding hydrogens is 290 g/mol. The molecule has 0 spiro atoms. The molecule has 0 aliphatic heterocycles. The summed E-state index contributed by atoms with van der Waals surface area (Å²) in [4.78, 5) is 9.95. The van der Waals surface area contributed by atoms with Crippen LogP contribution < -0.4 is 5.73 Å². The lowest BCUT2D eigenvalue weighted by molar-refractivity contribution is 1.31. The molecule has 3 aromatic rings. The van der Waals surface area contributed by atoms with Crippen molar-refractivity contribution in [2.24, 2.45) is 0 Å². The number of rotatable bonds is 2. The minimum Gasteiger partial charge on any atom is -0.383 e. The normalized spacial score (nSPS) is 10.7. The summed E-state index contributed by atoms with van der Waals surface area (Å²) in [6.07, 6.45) is 1.68. The van der Waals surface area contributed by atoms with Gasteiger partial charge >= 0.3 is 0 Å². The van der Waals surface area contributed by atoms with Gasteiger partial charge in [0.25, 0.3) is 0 Å². The molecule has 0 aliphatic rings. The van der Waals surface area contributed by atoms with Gasteiger partial charge in [0.1, 0.15) is 10.8 Å². The van der Waals surface area contributed by atoms with Gasteiger partial charge in [-0.3, -0.25) is 0 Å². The highest BCUT2D eigenvalue weighted by Gasteiger charge is 2.13. The average Bonchev–Trinajstić information content (AvgIpc) is 2.82. The van der Waals surface area contributed by atoms with Crippen LogP contribution in [0.15, 0.2) is 42.6 Å². The summed E-state index contributed by atoms with van der Waals surface area (Å²) in [5, 5.41) is 1.61. The SMILES string of the molecule is Cc1sc(-c2cccnc2N)nc1-c1ccc(Cl)cc1. The second-order valence-corrected chi connectivity index (χ2v) is 6.01. The van der Waals surface area contributed by atoms with Gasteiger partial charge in [0.2, 0.25) is 0 Å². The fourth-order valence-corrected chi connectivity index (χ4v) is 3.08. The largest absolute Gasteiger partial charge is 0.383 e. The number of thiazole rings is 1. The van der Waals surface area contributed by atoms with Crippen LogP contribution in [0, 0.1) is 6.92 Å². The van der Waals surface area contributed by atoms with E-state index in [0.717, 1.165) is 31.7 Å². The van der Waals surface area contributed by atoms with E-state index in [2.05, 4.69) is 11.9 Å². The lowest BCUT2D eigenvalue weighted by atomic mass is 10.1. The third-order valence-electron chi connectivity index (χ3n) is 2.98. The van der Waals surface area contributed by atoms with Gasteiger partial charge in [-0.15, -0.1) is 11.3 Å². The van der Waals surface area contributed by atoms with Gasteiger partial charge in [0.15, 0.2) is 0 Å². The Balaban J connectivity index is 2.08. The molecule has 3 rings (SSSR count). The molecule has 5 heteroatoms. The summed E-state index contributed by atoms with van der Waals surface area (Å²) in [5.74, 6) is 0.504. The number of nitrogen functional groups attached to an aromatic ring is 1. The van der Waals surface area contributed by atoms with Gasteiger partial charge in [-0.1, -0.05) is 23.7 Å². The molecule has 0 fully saturated rings. The van der Waals surface area contributed by atoms with Crippen LogP contribution in [-0.2, 0) is 0 Å². The first kappa shape index (κ1) is 13.1. The Morgan fingerprint density at radius 3 is 2.60 bits per heavy atom. The van der Waals surface area contributed by atoms with Crippen LogP contribution in [0.3, 0.4) is 0 Å². The predicted octanol–water partition coefficient (Wildman–Crippen LogP) is 4.42. The fraction of sp³-hybridized carbons (Fsp3) is 0.0667. The molecular formula is C15H12ClN3S. The topological polar surface area (TPSA) is 51.8 Å². The molecule has 0 saturated heterocycles. The zero-order valence-electron chi connectivity index (χ0n) is 10.8. The summed E-state index contributed by atoms with van der Waals surface area (Å²) in [5.41, 5.74) is 8.80. The Hall–Kier alpha value is -1.91. The Morgan fingerprint density at radius 1 is 1.15 bits per heavy atom. The van der Waals surface area contributed by atoms with Crippen molar-refractivity contribution in [2.75, 3.05) is 5.73 Å². The molecule has 1 aromatic carbocycles. The number of anilines is 1. The van der Waals surface area contributed by atoms with Crippen LogP contribution in [0.2, 0.25) is 5.02 Å². The number of pyridine rings is 1. The molecule has 0 saturated carbocycles. The maximum absolute atomic E-state index is 5.92. The summed E-state index contributed by atoms with van der Waals surface area (Å²) >= 11 is 7.53. The van der Waals surface area contributed by atoms with E-state index < -0.39 is 0 Å². The molecule has 0 bridgehead atoms. The molecule has 0 unspecified atom stereocenters. The summed E-state index contributed by atoms with van der Waals surface area (Å²) in [6.45, 7) is 2.05. The first-order valence-corrected chi connectivity index (χ1v) is 7.29. The average molecular weight is 302 g/mol. The van der Waals surface area contributed by atoms with Crippen molar-refractivity contribution >= 4 is 28.8 Å². The van der Waals surface area contributed by atoms with Crippen molar-refractivity contribution in [3.05, 3.63) is 52.5 Å². The van der Waals surface area contributed by atoms with Gasteiger partial charge in [-0.05, 0) is 31.2 Å². The predicted molar refractivity (Wildman–Crippen MR) is 84.9 cm³/mol. The third kappa shape index (κ3) is 2.40. The zero-order chi connectivity index (χ0) is 14.1. The van der Waals surface area contributed by atoms with Crippen LogP contribution in [-0.4, -0.2) is 9.97 Å². The fourth-order valence-electron chi connectivity index (χ4n) is 1.99. The third-order valence-corrected chi connectivity index (χ3v) is 4.24. The van der Waals surface area contributed by atoms with Gasteiger partial charge in [-0.2, -0.15) is 0 Å². The molecule has 0 atom stereocenters. The zero-order valence-corrected chi connectivity index (χ0v) is 12.4. The maximum Gasteiger partial charge on any atom is 0.133 e. The number of hydrogen-bond donors (Lipinski definition) is 1. The summed E-state index contributed by atoms with van der Waals surface area (Å²) < 4.78 is 0. The number of aryl methyl sites for hydroxylation is 1. The van der Waals surface area contributed by atoms with Crippen molar-refractivity contribution in [3.8, 4) is 21.8 Å². The van der Waals surface area contributed by atoms with Crippen molar-refractivity contribution in [1.29, 1.82) is 0 Å². The van der Waals surface area contributed by atoms with Crippen LogP contribution in [0.1, 0.15) is 4.88 Å². The van der Waals surface area contributed by atoms with E-state index in [-0.39, 0.29) is 0 Å². The van der Waals surface area contributed by atoms with E-state index in [0.29, 0.717) is 5.82 Å². The quantitative estimate of drug-likeness (QED) is 0.762. The standard InChI is InChI=1S/C15H12ClN3S/c1-9-13(10-4-6-11(16)7-5-10)19-15(20-9)12-3-2-8-18-14(12)17/h2-8H,1H3,(H2,17,18). The van der Waals surface area contributed by atoms with E-state index in [1.807, 2.05) is 36.4 Å². The van der Waals surface area contributed by atoms with E-state index in [1.165, 1.54) is 0 Å². The van der Waals surface area contributed by atoms with E-state index in [4.69, 9.17) is 22.3 Å². The van der Waals surface area contributed by atoms with Crippen molar-refractivity contribution < 1.29 is 0 Å².